The summed E-state index contributed by atoms with van der Waals surface area (Å²) in [6.07, 6.45) is 2.57. The smallest absolute Gasteiger partial charge is 0.213 e. The van der Waals surface area contributed by atoms with Crippen LogP contribution in [0.3, 0.4) is 0 Å². The molecule has 0 radical (unpaired) electrons. The Kier molecular flexibility index (Phi) is 4.33. The maximum Gasteiger partial charge on any atom is 0.213 e. The lowest BCUT2D eigenvalue weighted by Gasteiger charge is -2.38. The van der Waals surface area contributed by atoms with E-state index < -0.39 is 10.0 Å². The zero-order valence-corrected chi connectivity index (χ0v) is 14.4. The molecule has 1 N–H and O–H groups in total. The number of anilines is 1. The molecule has 0 spiro atoms. The van der Waals surface area contributed by atoms with Crippen molar-refractivity contribution in [2.24, 2.45) is 5.92 Å². The summed E-state index contributed by atoms with van der Waals surface area (Å²) in [7, 11) is -3.03. The summed E-state index contributed by atoms with van der Waals surface area (Å²) in [6.45, 7) is 5.74. The topological polar surface area (TPSA) is 75.2 Å². The Morgan fingerprint density at radius 3 is 2.82 bits per heavy atom. The fraction of sp³-hybridized carbons (Fsp3) is 0.571. The van der Waals surface area contributed by atoms with Gasteiger partial charge in [-0.1, -0.05) is 6.92 Å². The first-order valence-electron chi connectivity index (χ1n) is 7.48. The molecule has 2 aromatic rings. The maximum absolute atomic E-state index is 11.7. The average Bonchev–Trinajstić information content (AvgIpc) is 2.89. The van der Waals surface area contributed by atoms with Gasteiger partial charge in [-0.05, 0) is 19.4 Å². The number of nitrogens with zero attached hydrogens (tertiary/aromatic N) is 3. The van der Waals surface area contributed by atoms with Crippen LogP contribution in [0.25, 0.3) is 10.2 Å². The second-order valence-electron chi connectivity index (χ2n) is 5.47. The van der Waals surface area contributed by atoms with Crippen LogP contribution in [-0.4, -0.2) is 48.1 Å². The Bertz CT molecular complexity index is 766. The highest BCUT2D eigenvalue weighted by atomic mass is 32.2. The van der Waals surface area contributed by atoms with Crippen molar-refractivity contribution in [1.82, 2.24) is 14.3 Å². The third kappa shape index (κ3) is 2.95. The van der Waals surface area contributed by atoms with Gasteiger partial charge in [-0.15, -0.1) is 11.3 Å². The van der Waals surface area contributed by atoms with Gasteiger partial charge in [0.15, 0.2) is 0 Å². The lowest BCUT2D eigenvalue weighted by Crippen LogP contribution is -2.52. The molecule has 22 heavy (non-hydrogen) atoms. The number of aryl methyl sites for hydroxylation is 1. The molecular weight excluding hydrogens is 320 g/mol. The molecule has 2 aromatic heterocycles. The largest absolute Gasteiger partial charge is 0.369 e. The minimum absolute atomic E-state index is 0.175. The fourth-order valence-electron chi connectivity index (χ4n) is 2.52. The van der Waals surface area contributed by atoms with Crippen LogP contribution in [0, 0.1) is 5.92 Å². The number of hydrogen-bond acceptors (Lipinski definition) is 6. The summed E-state index contributed by atoms with van der Waals surface area (Å²) in [6, 6.07) is 2.14. The predicted molar refractivity (Wildman–Crippen MR) is 89.8 cm³/mol. The molecule has 120 valence electrons. The van der Waals surface area contributed by atoms with E-state index in [9.17, 15) is 8.42 Å². The standard InChI is InChI=1S/C14H20N4O2S2/c1-3-11-5-12-13(16-9-17-14(12)21-11)15-6-10-7-18(8-10)22(19,20)4-2/h5,9-10H,3-4,6-8H2,1-2H3,(H,15,16,17). The first-order valence-corrected chi connectivity index (χ1v) is 9.91. The number of rotatable bonds is 6. The van der Waals surface area contributed by atoms with E-state index >= 15 is 0 Å². The molecule has 0 aliphatic carbocycles. The molecular formula is C14H20N4O2S2. The summed E-state index contributed by atoms with van der Waals surface area (Å²) < 4.78 is 24.9. The van der Waals surface area contributed by atoms with E-state index in [1.807, 2.05) is 0 Å². The monoisotopic (exact) mass is 340 g/mol. The number of nitrogens with one attached hydrogen (secondary N) is 1. The molecule has 8 heteroatoms. The van der Waals surface area contributed by atoms with Gasteiger partial charge in [0.25, 0.3) is 0 Å². The Morgan fingerprint density at radius 1 is 1.36 bits per heavy atom. The first kappa shape index (κ1) is 15.6. The van der Waals surface area contributed by atoms with Gasteiger partial charge in [0.2, 0.25) is 10.0 Å². The molecule has 0 bridgehead atoms. The molecule has 1 fully saturated rings. The fourth-order valence-corrected chi connectivity index (χ4v) is 4.70. The van der Waals surface area contributed by atoms with Crippen molar-refractivity contribution >= 4 is 37.4 Å². The van der Waals surface area contributed by atoms with Crippen LogP contribution < -0.4 is 5.32 Å². The molecule has 1 aliphatic heterocycles. The van der Waals surface area contributed by atoms with E-state index in [4.69, 9.17) is 0 Å². The summed E-state index contributed by atoms with van der Waals surface area (Å²) >= 11 is 1.69. The zero-order valence-electron chi connectivity index (χ0n) is 12.7. The number of fused-ring (bicyclic) bond motifs is 1. The molecule has 3 heterocycles. The number of hydrogen-bond donors (Lipinski definition) is 1. The van der Waals surface area contributed by atoms with E-state index in [0.29, 0.717) is 19.0 Å². The van der Waals surface area contributed by atoms with Crippen molar-refractivity contribution in [2.45, 2.75) is 20.3 Å². The van der Waals surface area contributed by atoms with Gasteiger partial charge < -0.3 is 5.32 Å². The number of thiophene rings is 1. The third-order valence-electron chi connectivity index (χ3n) is 3.97. The van der Waals surface area contributed by atoms with E-state index in [1.54, 1.807) is 28.9 Å². The minimum Gasteiger partial charge on any atom is -0.369 e. The Morgan fingerprint density at radius 2 is 2.14 bits per heavy atom. The second kappa shape index (κ2) is 6.10. The second-order valence-corrected chi connectivity index (χ2v) is 8.84. The van der Waals surface area contributed by atoms with E-state index in [-0.39, 0.29) is 5.75 Å². The van der Waals surface area contributed by atoms with Gasteiger partial charge in [-0.2, -0.15) is 0 Å². The highest BCUT2D eigenvalue weighted by molar-refractivity contribution is 7.89. The molecule has 0 saturated carbocycles. The van der Waals surface area contributed by atoms with Gasteiger partial charge in [0.1, 0.15) is 17.0 Å². The molecule has 1 aliphatic rings. The van der Waals surface area contributed by atoms with Crippen LogP contribution >= 0.6 is 11.3 Å². The molecule has 6 nitrogen and oxygen atoms in total. The average molecular weight is 340 g/mol. The van der Waals surface area contributed by atoms with Gasteiger partial charge in [0, 0.05) is 30.4 Å². The van der Waals surface area contributed by atoms with E-state index in [0.717, 1.165) is 29.0 Å². The van der Waals surface area contributed by atoms with E-state index in [1.165, 1.54) is 4.88 Å². The van der Waals surface area contributed by atoms with Gasteiger partial charge in [-0.25, -0.2) is 22.7 Å². The zero-order chi connectivity index (χ0) is 15.7. The van der Waals surface area contributed by atoms with Crippen LogP contribution in [0.2, 0.25) is 0 Å². The highest BCUT2D eigenvalue weighted by Gasteiger charge is 2.34. The lowest BCUT2D eigenvalue weighted by atomic mass is 10.0. The highest BCUT2D eigenvalue weighted by Crippen LogP contribution is 2.29. The van der Waals surface area contributed by atoms with Crippen LogP contribution in [-0.2, 0) is 16.4 Å². The minimum atomic E-state index is -3.03. The van der Waals surface area contributed by atoms with Crippen LogP contribution in [0.4, 0.5) is 5.82 Å². The summed E-state index contributed by atoms with van der Waals surface area (Å²) in [5, 5.41) is 4.41. The van der Waals surface area contributed by atoms with Crippen LogP contribution in [0.15, 0.2) is 12.4 Å². The molecule has 0 aromatic carbocycles. The van der Waals surface area contributed by atoms with E-state index in [2.05, 4.69) is 28.3 Å². The molecule has 0 unspecified atom stereocenters. The SMILES string of the molecule is CCc1cc2c(NCC3CN(S(=O)(=O)CC)C3)ncnc2s1. The molecule has 0 atom stereocenters. The number of sulfonamides is 1. The maximum atomic E-state index is 11.7. The normalized spacial score (nSPS) is 16.8. The van der Waals surface area contributed by atoms with Gasteiger partial charge >= 0.3 is 0 Å². The number of aromatic nitrogens is 2. The lowest BCUT2D eigenvalue weighted by molar-refractivity contribution is 0.212. The molecule has 3 rings (SSSR count). The molecule has 1 saturated heterocycles. The van der Waals surface area contributed by atoms with Crippen LogP contribution in [0.1, 0.15) is 18.7 Å². The van der Waals surface area contributed by atoms with Crippen molar-refractivity contribution in [3.05, 3.63) is 17.3 Å². The Hall–Kier alpha value is -1.25. The van der Waals surface area contributed by atoms with Crippen molar-refractivity contribution in [3.8, 4) is 0 Å². The predicted octanol–water partition coefficient (Wildman–Crippen LogP) is 1.95. The summed E-state index contributed by atoms with van der Waals surface area (Å²) in [5.74, 6) is 1.36. The quantitative estimate of drug-likeness (QED) is 0.870. The molecule has 0 amide bonds. The van der Waals surface area contributed by atoms with Crippen molar-refractivity contribution in [1.29, 1.82) is 0 Å². The Labute approximate surface area is 134 Å². The van der Waals surface area contributed by atoms with Gasteiger partial charge in [-0.3, -0.25) is 0 Å². The first-order chi connectivity index (χ1) is 10.5. The van der Waals surface area contributed by atoms with Crippen molar-refractivity contribution < 1.29 is 8.42 Å². The summed E-state index contributed by atoms with van der Waals surface area (Å²) in [5.41, 5.74) is 0. The van der Waals surface area contributed by atoms with Crippen LogP contribution in [0.5, 0.6) is 0 Å². The van der Waals surface area contributed by atoms with Crippen molar-refractivity contribution in [2.75, 3.05) is 30.7 Å². The summed E-state index contributed by atoms with van der Waals surface area (Å²) in [4.78, 5) is 10.9. The Balaban J connectivity index is 1.63. The van der Waals surface area contributed by atoms with Crippen molar-refractivity contribution in [3.63, 3.8) is 0 Å². The van der Waals surface area contributed by atoms with Gasteiger partial charge in [0.05, 0.1) is 11.1 Å². The third-order valence-corrected chi connectivity index (χ3v) is 6.97.